The molecule has 41 heavy (non-hydrogen) atoms. The number of tetrazole rings is 1. The molecular formula is C27H38N12O2. The van der Waals surface area contributed by atoms with E-state index >= 15 is 0 Å². The first-order valence-corrected chi connectivity index (χ1v) is 15.0. The number of aryl methyl sites for hydroxylation is 1. The lowest BCUT2D eigenvalue weighted by Crippen LogP contribution is -2.32. The Hall–Kier alpha value is -3.84. The molecule has 0 amide bonds. The summed E-state index contributed by atoms with van der Waals surface area (Å²) in [5.41, 5.74) is 1.46. The largest absolute Gasteiger partial charge is 0.439 e. The summed E-state index contributed by atoms with van der Waals surface area (Å²) in [5, 5.41) is 20.0. The normalized spacial score (nSPS) is 24.2. The summed E-state index contributed by atoms with van der Waals surface area (Å²) in [5.74, 6) is 4.15. The van der Waals surface area contributed by atoms with Crippen LogP contribution in [0.5, 0.6) is 0 Å². The predicted molar refractivity (Wildman–Crippen MR) is 151 cm³/mol. The Morgan fingerprint density at radius 1 is 1.07 bits per heavy atom. The second-order valence-corrected chi connectivity index (χ2v) is 12.3. The van der Waals surface area contributed by atoms with Gasteiger partial charge in [0.05, 0.1) is 6.04 Å². The number of imidazole rings is 1. The van der Waals surface area contributed by atoms with E-state index in [9.17, 15) is 4.79 Å². The Morgan fingerprint density at radius 3 is 2.59 bits per heavy atom. The number of hydrogen-bond donors (Lipinski definition) is 2. The molecule has 2 aliphatic carbocycles. The molecule has 7 rings (SSSR count). The number of H-pyrrole nitrogens is 1. The Kier molecular flexibility index (Phi) is 6.70. The van der Waals surface area contributed by atoms with Crippen molar-refractivity contribution in [3.8, 4) is 11.6 Å². The zero-order chi connectivity index (χ0) is 28.1. The molecule has 2 atom stereocenters. The molecule has 0 unspecified atom stereocenters. The summed E-state index contributed by atoms with van der Waals surface area (Å²) in [6.07, 6.45) is 10.5. The van der Waals surface area contributed by atoms with Crippen LogP contribution in [0.15, 0.2) is 9.32 Å². The molecule has 0 spiro atoms. The van der Waals surface area contributed by atoms with Gasteiger partial charge >= 0.3 is 5.76 Å². The van der Waals surface area contributed by atoms with Crippen molar-refractivity contribution in [2.45, 2.75) is 90.3 Å². The third-order valence-corrected chi connectivity index (χ3v) is 9.49. The number of aromatic nitrogens is 10. The fraction of sp³-hybridized carbons (Fsp3) is 0.704. The molecule has 2 saturated carbocycles. The minimum absolute atomic E-state index is 0.0153. The van der Waals surface area contributed by atoms with E-state index in [2.05, 4.69) is 54.3 Å². The van der Waals surface area contributed by atoms with E-state index in [-0.39, 0.29) is 23.7 Å². The SMILES string of the molecule is CC1CCC(Cn2c(N3CCC[C@H]3c3nnnn3C)nc3nc(-c4noc(=O)[nH]4)nc(N[C@H](C)C4CCC4)c32)CC1. The second-order valence-electron chi connectivity index (χ2n) is 12.3. The number of hydrogen-bond acceptors (Lipinski definition) is 11. The summed E-state index contributed by atoms with van der Waals surface area (Å²) >= 11 is 0. The molecule has 5 heterocycles. The van der Waals surface area contributed by atoms with Gasteiger partial charge in [-0.05, 0) is 73.6 Å². The van der Waals surface area contributed by atoms with Crippen molar-refractivity contribution in [1.29, 1.82) is 0 Å². The smallest absolute Gasteiger partial charge is 0.365 e. The van der Waals surface area contributed by atoms with Gasteiger partial charge in [-0.1, -0.05) is 31.3 Å². The molecular weight excluding hydrogens is 524 g/mol. The van der Waals surface area contributed by atoms with Crippen LogP contribution in [-0.2, 0) is 13.6 Å². The number of rotatable bonds is 8. The number of anilines is 2. The molecule has 2 N–H and O–H groups in total. The molecule has 1 saturated heterocycles. The van der Waals surface area contributed by atoms with Crippen molar-refractivity contribution >= 4 is 22.9 Å². The third kappa shape index (κ3) is 4.86. The van der Waals surface area contributed by atoms with Crippen molar-refractivity contribution in [2.24, 2.45) is 24.8 Å². The fourth-order valence-electron chi connectivity index (χ4n) is 6.79. The van der Waals surface area contributed by atoms with Crippen molar-refractivity contribution < 1.29 is 4.52 Å². The Labute approximate surface area is 237 Å². The van der Waals surface area contributed by atoms with Crippen molar-refractivity contribution in [1.82, 2.24) is 49.9 Å². The first-order valence-electron chi connectivity index (χ1n) is 15.0. The zero-order valence-corrected chi connectivity index (χ0v) is 24.0. The quantitative estimate of drug-likeness (QED) is 0.323. The molecule has 3 aliphatic rings. The van der Waals surface area contributed by atoms with Gasteiger partial charge in [0.1, 0.15) is 5.52 Å². The van der Waals surface area contributed by atoms with Gasteiger partial charge in [-0.3, -0.25) is 9.51 Å². The van der Waals surface area contributed by atoms with Crippen LogP contribution >= 0.6 is 0 Å². The van der Waals surface area contributed by atoms with Gasteiger partial charge in [-0.25, -0.2) is 19.4 Å². The average molecular weight is 563 g/mol. The lowest BCUT2D eigenvalue weighted by Gasteiger charge is -2.33. The van der Waals surface area contributed by atoms with E-state index in [0.717, 1.165) is 49.1 Å². The van der Waals surface area contributed by atoms with Crippen LogP contribution in [0.3, 0.4) is 0 Å². The summed E-state index contributed by atoms with van der Waals surface area (Å²) in [4.78, 5) is 31.6. The molecule has 3 fully saturated rings. The van der Waals surface area contributed by atoms with Crippen molar-refractivity contribution in [2.75, 3.05) is 16.8 Å². The molecule has 1 aliphatic heterocycles. The minimum Gasteiger partial charge on any atom is -0.365 e. The van der Waals surface area contributed by atoms with Crippen LogP contribution in [0, 0.1) is 17.8 Å². The number of nitrogens with zero attached hydrogens (tertiary/aromatic N) is 10. The molecule has 4 aromatic rings. The molecule has 4 aromatic heterocycles. The van der Waals surface area contributed by atoms with E-state index in [1.807, 2.05) is 7.05 Å². The predicted octanol–water partition coefficient (Wildman–Crippen LogP) is 3.46. The standard InChI is InChI=1S/C27H38N12O2/c1-15-9-11-17(12-10-15)14-39-20-21(28-16(2)18-6-4-7-18)29-23(24-32-27(40)41-34-24)30-22(20)31-26(39)38-13-5-8-19(38)25-33-35-36-37(25)3/h15-19H,4-14H2,1-3H3,(H,28,29,30)(H,32,34,40)/t15?,16-,17?,19+/m1/s1. The molecule has 218 valence electrons. The molecule has 0 radical (unpaired) electrons. The number of aromatic amines is 1. The lowest BCUT2D eigenvalue weighted by molar-refractivity contribution is 0.266. The minimum atomic E-state index is -0.643. The highest BCUT2D eigenvalue weighted by molar-refractivity contribution is 5.87. The van der Waals surface area contributed by atoms with Gasteiger partial charge in [-0.2, -0.15) is 4.98 Å². The van der Waals surface area contributed by atoms with Crippen LogP contribution < -0.4 is 16.0 Å². The Bertz CT molecular complexity index is 1570. The van der Waals surface area contributed by atoms with Crippen LogP contribution in [0.25, 0.3) is 22.8 Å². The first-order chi connectivity index (χ1) is 19.9. The highest BCUT2D eigenvalue weighted by Crippen LogP contribution is 2.40. The highest BCUT2D eigenvalue weighted by Gasteiger charge is 2.36. The van der Waals surface area contributed by atoms with Gasteiger partial charge in [0.15, 0.2) is 17.3 Å². The maximum absolute atomic E-state index is 11.8. The zero-order valence-electron chi connectivity index (χ0n) is 24.0. The molecule has 0 bridgehead atoms. The van der Waals surface area contributed by atoms with Gasteiger partial charge in [-0.15, -0.1) is 5.10 Å². The van der Waals surface area contributed by atoms with Gasteiger partial charge < -0.3 is 14.8 Å². The summed E-state index contributed by atoms with van der Waals surface area (Å²) in [6.45, 7) is 6.26. The van der Waals surface area contributed by atoms with E-state index in [1.54, 1.807) is 4.68 Å². The van der Waals surface area contributed by atoms with Gasteiger partial charge in [0, 0.05) is 26.2 Å². The van der Waals surface area contributed by atoms with Crippen LogP contribution in [0.4, 0.5) is 11.8 Å². The number of nitrogens with one attached hydrogen (secondary N) is 2. The molecule has 0 aromatic carbocycles. The van der Waals surface area contributed by atoms with E-state index in [0.29, 0.717) is 23.3 Å². The summed E-state index contributed by atoms with van der Waals surface area (Å²) < 4.78 is 8.88. The van der Waals surface area contributed by atoms with Crippen LogP contribution in [-0.4, -0.2) is 62.5 Å². The van der Waals surface area contributed by atoms with E-state index in [4.69, 9.17) is 19.5 Å². The highest BCUT2D eigenvalue weighted by atomic mass is 16.5. The van der Waals surface area contributed by atoms with Gasteiger partial charge in [0.2, 0.25) is 17.6 Å². The fourth-order valence-corrected chi connectivity index (χ4v) is 6.79. The Morgan fingerprint density at radius 2 is 1.90 bits per heavy atom. The van der Waals surface area contributed by atoms with Crippen molar-refractivity contribution in [3.05, 3.63) is 16.4 Å². The third-order valence-electron chi connectivity index (χ3n) is 9.49. The topological polar surface area (TPSA) is 161 Å². The van der Waals surface area contributed by atoms with Crippen LogP contribution in [0.2, 0.25) is 0 Å². The number of fused-ring (bicyclic) bond motifs is 1. The Balaban J connectivity index is 1.37. The molecule has 14 heteroatoms. The monoisotopic (exact) mass is 562 g/mol. The lowest BCUT2D eigenvalue weighted by atomic mass is 9.80. The first kappa shape index (κ1) is 26.1. The second kappa shape index (κ2) is 10.5. The van der Waals surface area contributed by atoms with Gasteiger partial charge in [0.25, 0.3) is 0 Å². The van der Waals surface area contributed by atoms with Crippen LogP contribution in [0.1, 0.15) is 83.5 Å². The maximum atomic E-state index is 11.8. The maximum Gasteiger partial charge on any atom is 0.439 e. The summed E-state index contributed by atoms with van der Waals surface area (Å²) in [7, 11) is 1.89. The van der Waals surface area contributed by atoms with Crippen molar-refractivity contribution in [3.63, 3.8) is 0 Å². The summed E-state index contributed by atoms with van der Waals surface area (Å²) in [6, 6.07) is 0.249. The average Bonchev–Trinajstić information content (AvgIpc) is 3.71. The molecule has 14 nitrogen and oxygen atoms in total. The van der Waals surface area contributed by atoms with E-state index in [1.165, 1.54) is 44.9 Å². The van der Waals surface area contributed by atoms with E-state index < -0.39 is 5.76 Å².